The molecule has 1 aliphatic heterocycles. The lowest BCUT2D eigenvalue weighted by molar-refractivity contribution is -0.138. The molecular weight excluding hydrogens is 316 g/mol. The predicted octanol–water partition coefficient (Wildman–Crippen LogP) is 3.79. The van der Waals surface area contributed by atoms with Crippen molar-refractivity contribution in [1.29, 1.82) is 0 Å². The SMILES string of the molecule is C=CC(=O)OCCOc1ccccc1.C=CC12C=CC=CC1(C=C)O2. The maximum atomic E-state index is 10.6. The van der Waals surface area contributed by atoms with E-state index >= 15 is 0 Å². The van der Waals surface area contributed by atoms with Crippen LogP contribution in [0.2, 0.25) is 0 Å². The minimum Gasteiger partial charge on any atom is -0.490 e. The molecule has 0 N–H and O–H groups in total. The van der Waals surface area contributed by atoms with Crippen LogP contribution in [0.5, 0.6) is 5.75 Å². The van der Waals surface area contributed by atoms with E-state index in [4.69, 9.17) is 14.2 Å². The zero-order chi connectivity index (χ0) is 18.2. The van der Waals surface area contributed by atoms with E-state index in [0.717, 1.165) is 11.8 Å². The number of carbonyl (C=O) groups is 1. The molecule has 0 amide bonds. The first-order valence-electron chi connectivity index (χ1n) is 7.93. The van der Waals surface area contributed by atoms with Crippen molar-refractivity contribution in [2.75, 3.05) is 13.2 Å². The molecule has 130 valence electrons. The average Bonchev–Trinajstić information content (AvgIpc) is 3.37. The third-order valence-electron chi connectivity index (χ3n) is 3.82. The Morgan fingerprint density at radius 1 is 1.00 bits per heavy atom. The first-order chi connectivity index (χ1) is 12.1. The van der Waals surface area contributed by atoms with E-state index in [0.29, 0.717) is 6.61 Å². The van der Waals surface area contributed by atoms with E-state index in [-0.39, 0.29) is 17.8 Å². The summed E-state index contributed by atoms with van der Waals surface area (Å²) in [6.07, 6.45) is 12.7. The highest BCUT2D eigenvalue weighted by Crippen LogP contribution is 2.53. The highest BCUT2D eigenvalue weighted by molar-refractivity contribution is 5.81. The van der Waals surface area contributed by atoms with Gasteiger partial charge in [0.1, 0.15) is 30.2 Å². The van der Waals surface area contributed by atoms with Gasteiger partial charge in [-0.15, -0.1) is 0 Å². The molecule has 2 aliphatic rings. The lowest BCUT2D eigenvalue weighted by atomic mass is 9.89. The number of hydrogen-bond acceptors (Lipinski definition) is 4. The third-order valence-corrected chi connectivity index (χ3v) is 3.82. The number of hydrogen-bond donors (Lipinski definition) is 0. The Morgan fingerprint density at radius 3 is 2.12 bits per heavy atom. The van der Waals surface area contributed by atoms with Gasteiger partial charge in [0, 0.05) is 6.08 Å². The Hall–Kier alpha value is -2.85. The molecule has 0 bridgehead atoms. The van der Waals surface area contributed by atoms with Gasteiger partial charge in [0.25, 0.3) is 0 Å². The molecule has 3 rings (SSSR count). The molecule has 0 saturated carbocycles. The van der Waals surface area contributed by atoms with Gasteiger partial charge in [0.15, 0.2) is 0 Å². The van der Waals surface area contributed by atoms with Crippen molar-refractivity contribution < 1.29 is 19.0 Å². The predicted molar refractivity (Wildman–Crippen MR) is 98.3 cm³/mol. The maximum Gasteiger partial charge on any atom is 0.330 e. The standard InChI is InChI=1S/C11H12O3.C10H10O/c1-2-11(12)14-9-8-13-10-6-4-3-5-7-10;1-3-9-7-5-6-8-10(9,4-2)11-9/h2-7H,1,8-9H2;3-8H,1-2H2. The number of fused-ring (bicyclic) bond motifs is 1. The molecule has 1 aromatic rings. The summed E-state index contributed by atoms with van der Waals surface area (Å²) in [4.78, 5) is 10.6. The Morgan fingerprint density at radius 2 is 1.60 bits per heavy atom. The third kappa shape index (κ3) is 4.37. The van der Waals surface area contributed by atoms with Gasteiger partial charge < -0.3 is 14.2 Å². The van der Waals surface area contributed by atoms with Crippen LogP contribution >= 0.6 is 0 Å². The van der Waals surface area contributed by atoms with Crippen LogP contribution in [0, 0.1) is 0 Å². The van der Waals surface area contributed by atoms with Crippen LogP contribution in [-0.2, 0) is 14.3 Å². The molecule has 1 aromatic carbocycles. The molecule has 2 unspecified atom stereocenters. The average molecular weight is 338 g/mol. The monoisotopic (exact) mass is 338 g/mol. The number of epoxide rings is 1. The fourth-order valence-electron chi connectivity index (χ4n) is 2.40. The molecule has 1 aliphatic carbocycles. The van der Waals surface area contributed by atoms with Crippen molar-refractivity contribution in [2.24, 2.45) is 0 Å². The molecule has 1 saturated heterocycles. The van der Waals surface area contributed by atoms with Gasteiger partial charge in [-0.3, -0.25) is 0 Å². The van der Waals surface area contributed by atoms with Crippen LogP contribution in [0.1, 0.15) is 0 Å². The van der Waals surface area contributed by atoms with E-state index in [1.165, 1.54) is 0 Å². The van der Waals surface area contributed by atoms with Crippen LogP contribution in [0.15, 0.2) is 92.6 Å². The summed E-state index contributed by atoms with van der Waals surface area (Å²) in [5.41, 5.74) is -0.576. The van der Waals surface area contributed by atoms with Gasteiger partial charge in [-0.2, -0.15) is 0 Å². The highest BCUT2D eigenvalue weighted by atomic mass is 16.6. The number of rotatable bonds is 7. The second kappa shape index (κ2) is 8.31. The van der Waals surface area contributed by atoms with Gasteiger partial charge in [-0.05, 0) is 24.3 Å². The van der Waals surface area contributed by atoms with E-state index < -0.39 is 5.97 Å². The summed E-state index contributed by atoms with van der Waals surface area (Å²) in [6, 6.07) is 9.35. The molecule has 1 fully saturated rings. The minimum atomic E-state index is -0.429. The van der Waals surface area contributed by atoms with E-state index in [1.54, 1.807) is 0 Å². The molecule has 0 radical (unpaired) electrons. The molecule has 1 heterocycles. The lowest BCUT2D eigenvalue weighted by Gasteiger charge is -2.07. The van der Waals surface area contributed by atoms with Gasteiger partial charge in [-0.1, -0.05) is 62.2 Å². The molecule has 0 aromatic heterocycles. The van der Waals surface area contributed by atoms with Crippen LogP contribution in [-0.4, -0.2) is 30.4 Å². The molecule has 4 heteroatoms. The summed E-state index contributed by atoms with van der Waals surface area (Å²) in [5.74, 6) is 0.337. The normalized spacial score (nSPS) is 24.8. The van der Waals surface area contributed by atoms with Gasteiger partial charge in [0.05, 0.1) is 0 Å². The van der Waals surface area contributed by atoms with E-state index in [1.807, 2.05) is 66.8 Å². The number of allylic oxidation sites excluding steroid dienone is 2. The zero-order valence-corrected chi connectivity index (χ0v) is 14.1. The molecule has 4 nitrogen and oxygen atoms in total. The highest BCUT2D eigenvalue weighted by Gasteiger charge is 2.64. The fourth-order valence-corrected chi connectivity index (χ4v) is 2.40. The van der Waals surface area contributed by atoms with Crippen molar-refractivity contribution in [3.05, 3.63) is 92.6 Å². The second-order valence-corrected chi connectivity index (χ2v) is 5.35. The van der Waals surface area contributed by atoms with Crippen molar-refractivity contribution in [3.63, 3.8) is 0 Å². The summed E-state index contributed by atoms with van der Waals surface area (Å²) in [6.45, 7) is 11.3. The number of esters is 1. The molecule has 0 spiro atoms. The van der Waals surface area contributed by atoms with E-state index in [2.05, 4.69) is 19.7 Å². The fraction of sp³-hybridized carbons (Fsp3) is 0.190. The summed E-state index contributed by atoms with van der Waals surface area (Å²) >= 11 is 0. The number of ether oxygens (including phenoxy) is 3. The largest absolute Gasteiger partial charge is 0.490 e. The quantitative estimate of drug-likeness (QED) is 0.249. The van der Waals surface area contributed by atoms with Gasteiger partial charge >= 0.3 is 5.97 Å². The van der Waals surface area contributed by atoms with Crippen molar-refractivity contribution in [1.82, 2.24) is 0 Å². The topological polar surface area (TPSA) is 48.1 Å². The molecule has 25 heavy (non-hydrogen) atoms. The number of benzene rings is 1. The van der Waals surface area contributed by atoms with Crippen molar-refractivity contribution >= 4 is 5.97 Å². The van der Waals surface area contributed by atoms with Crippen molar-refractivity contribution in [2.45, 2.75) is 11.2 Å². The zero-order valence-electron chi connectivity index (χ0n) is 14.1. The second-order valence-electron chi connectivity index (χ2n) is 5.35. The van der Waals surface area contributed by atoms with Crippen LogP contribution in [0.3, 0.4) is 0 Å². The Bertz CT molecular complexity index is 661. The molecule has 2 atom stereocenters. The maximum absolute atomic E-state index is 10.6. The Kier molecular flexibility index (Phi) is 6.14. The summed E-state index contributed by atoms with van der Waals surface area (Å²) < 4.78 is 15.6. The first kappa shape index (κ1) is 18.5. The number of carbonyl (C=O) groups excluding carboxylic acids is 1. The smallest absolute Gasteiger partial charge is 0.330 e. The lowest BCUT2D eigenvalue weighted by Crippen LogP contribution is -2.18. The van der Waals surface area contributed by atoms with Crippen LogP contribution in [0.4, 0.5) is 0 Å². The van der Waals surface area contributed by atoms with E-state index in [9.17, 15) is 4.79 Å². The summed E-state index contributed by atoms with van der Waals surface area (Å²) in [7, 11) is 0. The molecular formula is C21H22O4. The Labute approximate surface area is 148 Å². The first-order valence-corrected chi connectivity index (χ1v) is 7.93. The minimum absolute atomic E-state index is 0.236. The van der Waals surface area contributed by atoms with Gasteiger partial charge in [0.2, 0.25) is 0 Å². The van der Waals surface area contributed by atoms with Gasteiger partial charge in [-0.25, -0.2) is 4.79 Å². The number of para-hydroxylation sites is 1. The summed E-state index contributed by atoms with van der Waals surface area (Å²) in [5, 5.41) is 0. The van der Waals surface area contributed by atoms with Crippen LogP contribution in [0.25, 0.3) is 0 Å². The van der Waals surface area contributed by atoms with Crippen molar-refractivity contribution in [3.8, 4) is 5.75 Å². The Balaban J connectivity index is 0.000000185. The van der Waals surface area contributed by atoms with Crippen LogP contribution < -0.4 is 4.74 Å².